The number of likely N-dealkylation sites (tertiary alicyclic amines) is 1. The number of aromatic nitrogens is 2. The summed E-state index contributed by atoms with van der Waals surface area (Å²) in [6.07, 6.45) is 2.15. The molecule has 24 heavy (non-hydrogen) atoms. The summed E-state index contributed by atoms with van der Waals surface area (Å²) in [5, 5.41) is 7.18. The molecule has 0 saturated carbocycles. The molecular formula is C18H30N4O2. The van der Waals surface area contributed by atoms with Crippen molar-refractivity contribution in [1.29, 1.82) is 0 Å². The van der Waals surface area contributed by atoms with Crippen LogP contribution in [0, 0.1) is 5.92 Å². The fourth-order valence-corrected chi connectivity index (χ4v) is 3.77. The van der Waals surface area contributed by atoms with E-state index in [9.17, 15) is 4.79 Å². The van der Waals surface area contributed by atoms with E-state index in [2.05, 4.69) is 35.9 Å². The molecule has 2 saturated heterocycles. The van der Waals surface area contributed by atoms with Crippen LogP contribution in [0.1, 0.15) is 55.7 Å². The van der Waals surface area contributed by atoms with E-state index < -0.39 is 0 Å². The van der Waals surface area contributed by atoms with E-state index >= 15 is 0 Å². The van der Waals surface area contributed by atoms with Crippen LogP contribution in [-0.4, -0.2) is 71.3 Å². The zero-order valence-electron chi connectivity index (χ0n) is 15.1. The van der Waals surface area contributed by atoms with Gasteiger partial charge in [-0.1, -0.05) is 13.8 Å². The van der Waals surface area contributed by atoms with Gasteiger partial charge in [0.2, 0.25) is 0 Å². The lowest BCUT2D eigenvalue weighted by Crippen LogP contribution is -2.49. The number of amides is 1. The predicted octanol–water partition coefficient (Wildman–Crippen LogP) is 2.11. The fraction of sp³-hybridized carbons (Fsp3) is 0.778. The molecule has 6 nitrogen and oxygen atoms in total. The predicted molar refractivity (Wildman–Crippen MR) is 93.2 cm³/mol. The second-order valence-corrected chi connectivity index (χ2v) is 7.38. The minimum atomic E-state index is 0.0654. The average molecular weight is 334 g/mol. The summed E-state index contributed by atoms with van der Waals surface area (Å²) in [6.45, 7) is 12.0. The number of morpholine rings is 1. The van der Waals surface area contributed by atoms with Gasteiger partial charge in [0.05, 0.1) is 13.2 Å². The summed E-state index contributed by atoms with van der Waals surface area (Å²) in [4.78, 5) is 17.1. The molecule has 0 aliphatic carbocycles. The average Bonchev–Trinajstić information content (AvgIpc) is 3.12. The quantitative estimate of drug-likeness (QED) is 0.916. The molecule has 134 valence electrons. The number of hydrogen-bond donors (Lipinski definition) is 1. The Morgan fingerprint density at radius 2 is 1.88 bits per heavy atom. The van der Waals surface area contributed by atoms with Crippen molar-refractivity contribution in [2.45, 2.75) is 45.6 Å². The summed E-state index contributed by atoms with van der Waals surface area (Å²) >= 11 is 0. The Hall–Kier alpha value is -1.40. The zero-order chi connectivity index (χ0) is 17.1. The summed E-state index contributed by atoms with van der Waals surface area (Å²) in [5.41, 5.74) is 1.58. The van der Waals surface area contributed by atoms with Gasteiger partial charge < -0.3 is 9.64 Å². The Labute approximate surface area is 144 Å². The number of piperidine rings is 1. The van der Waals surface area contributed by atoms with Crippen molar-refractivity contribution >= 4 is 5.91 Å². The molecule has 2 aliphatic heterocycles. The van der Waals surface area contributed by atoms with E-state index in [1.54, 1.807) is 0 Å². The number of rotatable bonds is 4. The van der Waals surface area contributed by atoms with E-state index in [4.69, 9.17) is 4.74 Å². The number of carbonyl (C=O) groups excluding carboxylic acids is 1. The molecule has 0 bridgehead atoms. The number of aromatic amines is 1. The first-order chi connectivity index (χ1) is 11.6. The number of nitrogens with zero attached hydrogens (tertiary/aromatic N) is 3. The topological polar surface area (TPSA) is 61.5 Å². The second kappa shape index (κ2) is 7.66. The summed E-state index contributed by atoms with van der Waals surface area (Å²) in [7, 11) is 0. The van der Waals surface area contributed by atoms with Crippen molar-refractivity contribution in [2.24, 2.45) is 5.92 Å². The summed E-state index contributed by atoms with van der Waals surface area (Å²) in [6, 6.07) is 2.47. The fourth-order valence-electron chi connectivity index (χ4n) is 3.77. The zero-order valence-corrected chi connectivity index (χ0v) is 15.1. The number of carbonyl (C=O) groups is 1. The van der Waals surface area contributed by atoms with Crippen LogP contribution in [0.2, 0.25) is 0 Å². The van der Waals surface area contributed by atoms with Crippen molar-refractivity contribution in [3.63, 3.8) is 0 Å². The first-order valence-corrected chi connectivity index (χ1v) is 9.22. The van der Waals surface area contributed by atoms with Crippen molar-refractivity contribution in [3.8, 4) is 0 Å². The van der Waals surface area contributed by atoms with Gasteiger partial charge >= 0.3 is 0 Å². The van der Waals surface area contributed by atoms with Crippen LogP contribution in [0.15, 0.2) is 6.07 Å². The van der Waals surface area contributed by atoms with Gasteiger partial charge in [-0.2, -0.15) is 5.10 Å². The molecule has 1 amide bonds. The molecule has 0 unspecified atom stereocenters. The van der Waals surface area contributed by atoms with Gasteiger partial charge in [-0.3, -0.25) is 14.8 Å². The Bertz CT molecular complexity index is 543. The molecule has 0 radical (unpaired) electrons. The lowest BCUT2D eigenvalue weighted by molar-refractivity contribution is -0.000986. The second-order valence-electron chi connectivity index (χ2n) is 7.38. The Morgan fingerprint density at radius 3 is 2.46 bits per heavy atom. The summed E-state index contributed by atoms with van der Waals surface area (Å²) in [5.74, 6) is 1.09. The SMILES string of the molecule is CC(C)c1cc(C(=O)N2CCC([C@@H](C)N3CCOCC3)CC2)n[nH]1. The maximum atomic E-state index is 12.6. The monoisotopic (exact) mass is 334 g/mol. The van der Waals surface area contributed by atoms with Gasteiger partial charge in [0, 0.05) is 37.9 Å². The smallest absolute Gasteiger partial charge is 0.274 e. The highest BCUT2D eigenvalue weighted by Gasteiger charge is 2.31. The third-order valence-electron chi connectivity index (χ3n) is 5.57. The van der Waals surface area contributed by atoms with E-state index in [1.165, 1.54) is 0 Å². The lowest BCUT2D eigenvalue weighted by Gasteiger charge is -2.40. The molecule has 3 rings (SSSR count). The van der Waals surface area contributed by atoms with Gasteiger partial charge in [-0.25, -0.2) is 0 Å². The van der Waals surface area contributed by atoms with E-state index in [0.717, 1.165) is 57.9 Å². The van der Waals surface area contributed by atoms with Crippen molar-refractivity contribution in [1.82, 2.24) is 20.0 Å². The molecule has 0 spiro atoms. The normalized spacial score (nSPS) is 22.1. The van der Waals surface area contributed by atoms with Gasteiger partial charge in [0.15, 0.2) is 0 Å². The maximum Gasteiger partial charge on any atom is 0.274 e. The number of hydrogen-bond acceptors (Lipinski definition) is 4. The van der Waals surface area contributed by atoms with Gasteiger partial charge in [-0.05, 0) is 37.7 Å². The van der Waals surface area contributed by atoms with Crippen molar-refractivity contribution < 1.29 is 9.53 Å². The van der Waals surface area contributed by atoms with Gasteiger partial charge in [0.1, 0.15) is 5.69 Å². The Balaban J connectivity index is 1.53. The van der Waals surface area contributed by atoms with Crippen molar-refractivity contribution in [3.05, 3.63) is 17.5 Å². The van der Waals surface area contributed by atoms with E-state index in [-0.39, 0.29) is 5.91 Å². The first kappa shape index (κ1) is 17.4. The maximum absolute atomic E-state index is 12.6. The molecule has 3 heterocycles. The third-order valence-corrected chi connectivity index (χ3v) is 5.57. The molecule has 0 aromatic carbocycles. The van der Waals surface area contributed by atoms with Crippen LogP contribution in [0.5, 0.6) is 0 Å². The molecule has 1 atom stereocenters. The highest BCUT2D eigenvalue weighted by molar-refractivity contribution is 5.92. The van der Waals surface area contributed by atoms with Crippen LogP contribution >= 0.6 is 0 Å². The molecule has 2 fully saturated rings. The minimum Gasteiger partial charge on any atom is -0.379 e. The molecule has 1 N–H and O–H groups in total. The van der Waals surface area contributed by atoms with Gasteiger partial charge in [0.25, 0.3) is 5.91 Å². The van der Waals surface area contributed by atoms with Crippen LogP contribution in [0.4, 0.5) is 0 Å². The molecular weight excluding hydrogens is 304 g/mol. The van der Waals surface area contributed by atoms with E-state index in [1.807, 2.05) is 11.0 Å². The van der Waals surface area contributed by atoms with Crippen LogP contribution in [0.3, 0.4) is 0 Å². The van der Waals surface area contributed by atoms with E-state index in [0.29, 0.717) is 23.6 Å². The number of H-pyrrole nitrogens is 1. The largest absolute Gasteiger partial charge is 0.379 e. The number of nitrogens with one attached hydrogen (secondary N) is 1. The summed E-state index contributed by atoms with van der Waals surface area (Å²) < 4.78 is 5.45. The number of ether oxygens (including phenoxy) is 1. The standard InChI is InChI=1S/C18H30N4O2/c1-13(2)16-12-17(20-19-16)18(23)22-6-4-15(5-7-22)14(3)21-8-10-24-11-9-21/h12-15H,4-11H2,1-3H3,(H,19,20)/t14-/m1/s1. The van der Waals surface area contributed by atoms with Crippen molar-refractivity contribution in [2.75, 3.05) is 39.4 Å². The van der Waals surface area contributed by atoms with Crippen LogP contribution in [0.25, 0.3) is 0 Å². The minimum absolute atomic E-state index is 0.0654. The molecule has 1 aromatic heterocycles. The highest BCUT2D eigenvalue weighted by Crippen LogP contribution is 2.25. The highest BCUT2D eigenvalue weighted by atomic mass is 16.5. The molecule has 6 heteroatoms. The van der Waals surface area contributed by atoms with Crippen LogP contribution < -0.4 is 0 Å². The molecule has 2 aliphatic rings. The Kier molecular flexibility index (Phi) is 5.56. The Morgan fingerprint density at radius 1 is 1.21 bits per heavy atom. The molecule has 1 aromatic rings. The third kappa shape index (κ3) is 3.81. The van der Waals surface area contributed by atoms with Gasteiger partial charge in [-0.15, -0.1) is 0 Å². The first-order valence-electron chi connectivity index (χ1n) is 9.22. The lowest BCUT2D eigenvalue weighted by atomic mass is 9.89. The van der Waals surface area contributed by atoms with Crippen LogP contribution in [-0.2, 0) is 4.74 Å².